The molecule has 2 aromatic carbocycles. The molecule has 0 bridgehead atoms. The number of aromatic carboxylic acids is 1. The number of rotatable bonds is 5. The van der Waals surface area contributed by atoms with Gasteiger partial charge in [-0.05, 0) is 29.8 Å². The van der Waals surface area contributed by atoms with Gasteiger partial charge in [0.1, 0.15) is 0 Å². The van der Waals surface area contributed by atoms with Gasteiger partial charge in [0.15, 0.2) is 5.78 Å². The number of carboxylic acid groups (broad SMARTS) is 1. The molecule has 0 aromatic heterocycles. The quantitative estimate of drug-likeness (QED) is 0.626. The van der Waals surface area contributed by atoms with Crippen LogP contribution in [0.1, 0.15) is 26.3 Å². The molecular formula is C18H12F3NO4. The van der Waals surface area contributed by atoms with Crippen LogP contribution in [0.5, 0.6) is 0 Å². The van der Waals surface area contributed by atoms with E-state index in [1.165, 1.54) is 54.6 Å². The fourth-order valence-electron chi connectivity index (χ4n) is 2.07. The van der Waals surface area contributed by atoms with Crippen molar-refractivity contribution in [2.24, 2.45) is 0 Å². The maximum Gasteiger partial charge on any atom is 0.471 e. The van der Waals surface area contributed by atoms with Crippen LogP contribution in [-0.4, -0.2) is 28.9 Å². The minimum Gasteiger partial charge on any atom is -0.478 e. The maximum atomic E-state index is 12.3. The Balaban J connectivity index is 2.19. The Kier molecular flexibility index (Phi) is 5.56. The van der Waals surface area contributed by atoms with E-state index in [9.17, 15) is 27.6 Å². The number of anilines is 1. The number of ketones is 1. The molecule has 1 amide bonds. The van der Waals surface area contributed by atoms with Gasteiger partial charge in [-0.1, -0.05) is 36.4 Å². The van der Waals surface area contributed by atoms with Crippen molar-refractivity contribution in [3.8, 4) is 0 Å². The summed E-state index contributed by atoms with van der Waals surface area (Å²) >= 11 is 0. The highest BCUT2D eigenvalue weighted by atomic mass is 19.4. The summed E-state index contributed by atoms with van der Waals surface area (Å²) in [6.07, 6.45) is -2.60. The van der Waals surface area contributed by atoms with Crippen LogP contribution in [0.25, 0.3) is 6.08 Å². The monoisotopic (exact) mass is 363 g/mol. The molecule has 0 aliphatic heterocycles. The SMILES string of the molecule is O=C(O)c1ccccc1C(=O)C=Cc1cccc(NC(=O)C(F)(F)F)c1. The summed E-state index contributed by atoms with van der Waals surface area (Å²) in [6, 6.07) is 11.1. The zero-order valence-corrected chi connectivity index (χ0v) is 13.1. The van der Waals surface area contributed by atoms with Crippen molar-refractivity contribution in [1.82, 2.24) is 0 Å². The fourth-order valence-corrected chi connectivity index (χ4v) is 2.07. The number of carbonyl (C=O) groups is 3. The maximum absolute atomic E-state index is 12.3. The van der Waals surface area contributed by atoms with E-state index in [1.807, 2.05) is 0 Å². The lowest BCUT2D eigenvalue weighted by atomic mass is 10.0. The Morgan fingerprint density at radius 2 is 1.62 bits per heavy atom. The molecular weight excluding hydrogens is 351 g/mol. The minimum atomic E-state index is -5.01. The Labute approximate surface area is 145 Å². The number of hydrogen-bond acceptors (Lipinski definition) is 3. The molecule has 2 N–H and O–H groups in total. The lowest BCUT2D eigenvalue weighted by Crippen LogP contribution is -2.29. The first-order valence-corrected chi connectivity index (χ1v) is 7.21. The number of carboxylic acids is 1. The van der Waals surface area contributed by atoms with Crippen molar-refractivity contribution in [1.29, 1.82) is 0 Å². The van der Waals surface area contributed by atoms with Gasteiger partial charge < -0.3 is 10.4 Å². The van der Waals surface area contributed by atoms with Crippen LogP contribution in [0.15, 0.2) is 54.6 Å². The topological polar surface area (TPSA) is 83.5 Å². The molecule has 2 rings (SSSR count). The standard InChI is InChI=1S/C18H12F3NO4/c19-18(20,21)17(26)22-12-5-3-4-11(10-12)8-9-15(23)13-6-1-2-7-14(13)16(24)25/h1-10H,(H,22,26)(H,24,25). The highest BCUT2D eigenvalue weighted by molar-refractivity contribution is 6.12. The van der Waals surface area contributed by atoms with Crippen molar-refractivity contribution in [3.05, 3.63) is 71.3 Å². The Hall–Kier alpha value is -3.42. The van der Waals surface area contributed by atoms with Gasteiger partial charge in [0.2, 0.25) is 0 Å². The third-order valence-electron chi connectivity index (χ3n) is 3.25. The summed E-state index contributed by atoms with van der Waals surface area (Å²) in [4.78, 5) is 34.2. The molecule has 0 fully saturated rings. The van der Waals surface area contributed by atoms with Crippen molar-refractivity contribution >= 4 is 29.4 Å². The first-order valence-electron chi connectivity index (χ1n) is 7.21. The van der Waals surface area contributed by atoms with E-state index in [2.05, 4.69) is 0 Å². The lowest BCUT2D eigenvalue weighted by Gasteiger charge is -2.08. The molecule has 2 aromatic rings. The van der Waals surface area contributed by atoms with Crippen molar-refractivity contribution in [2.45, 2.75) is 6.18 Å². The van der Waals surface area contributed by atoms with E-state index in [4.69, 9.17) is 5.11 Å². The molecule has 0 aliphatic rings. The highest BCUT2D eigenvalue weighted by Crippen LogP contribution is 2.19. The largest absolute Gasteiger partial charge is 0.478 e. The predicted molar refractivity (Wildman–Crippen MR) is 87.9 cm³/mol. The van der Waals surface area contributed by atoms with Crippen LogP contribution < -0.4 is 5.32 Å². The third-order valence-corrected chi connectivity index (χ3v) is 3.25. The number of allylic oxidation sites excluding steroid dienone is 1. The van der Waals surface area contributed by atoms with Crippen LogP contribution in [0.2, 0.25) is 0 Å². The Morgan fingerprint density at radius 3 is 2.23 bits per heavy atom. The van der Waals surface area contributed by atoms with Gasteiger partial charge in [-0.2, -0.15) is 13.2 Å². The van der Waals surface area contributed by atoms with Crippen LogP contribution in [0.4, 0.5) is 18.9 Å². The number of nitrogens with one attached hydrogen (secondary N) is 1. The van der Waals surface area contributed by atoms with Crippen LogP contribution in [0.3, 0.4) is 0 Å². The van der Waals surface area contributed by atoms with Crippen LogP contribution >= 0.6 is 0 Å². The molecule has 0 radical (unpaired) electrons. The second-order valence-electron chi connectivity index (χ2n) is 5.13. The van der Waals surface area contributed by atoms with E-state index < -0.39 is 23.8 Å². The normalized spacial score (nSPS) is 11.3. The van der Waals surface area contributed by atoms with Gasteiger partial charge in [0.05, 0.1) is 5.56 Å². The van der Waals surface area contributed by atoms with Crippen molar-refractivity contribution < 1.29 is 32.7 Å². The smallest absolute Gasteiger partial charge is 0.471 e. The van der Waals surface area contributed by atoms with Crippen molar-refractivity contribution in [2.75, 3.05) is 5.32 Å². The van der Waals surface area contributed by atoms with Gasteiger partial charge in [0, 0.05) is 11.3 Å². The summed E-state index contributed by atoms with van der Waals surface area (Å²) < 4.78 is 36.8. The van der Waals surface area contributed by atoms with Gasteiger partial charge in [0.25, 0.3) is 0 Å². The predicted octanol–water partition coefficient (Wildman–Crippen LogP) is 3.78. The Bertz CT molecular complexity index is 888. The zero-order valence-electron chi connectivity index (χ0n) is 13.1. The van der Waals surface area contributed by atoms with E-state index in [-0.39, 0.29) is 16.8 Å². The molecule has 0 unspecified atom stereocenters. The fraction of sp³-hybridized carbons (Fsp3) is 0.0556. The number of benzene rings is 2. The summed E-state index contributed by atoms with van der Waals surface area (Å²) in [6.45, 7) is 0. The molecule has 0 heterocycles. The van der Waals surface area contributed by atoms with E-state index in [0.29, 0.717) is 5.56 Å². The number of alkyl halides is 3. The Morgan fingerprint density at radius 1 is 0.962 bits per heavy atom. The zero-order chi connectivity index (χ0) is 19.3. The molecule has 0 atom stereocenters. The first kappa shape index (κ1) is 18.9. The van der Waals surface area contributed by atoms with E-state index >= 15 is 0 Å². The van der Waals surface area contributed by atoms with E-state index in [0.717, 1.165) is 6.08 Å². The van der Waals surface area contributed by atoms with E-state index in [1.54, 1.807) is 5.32 Å². The third kappa shape index (κ3) is 4.79. The second-order valence-corrected chi connectivity index (χ2v) is 5.13. The second kappa shape index (κ2) is 7.64. The average Bonchev–Trinajstić information content (AvgIpc) is 2.59. The molecule has 134 valence electrons. The number of amides is 1. The molecule has 0 aliphatic carbocycles. The van der Waals surface area contributed by atoms with Gasteiger partial charge in [-0.25, -0.2) is 4.79 Å². The first-order chi connectivity index (χ1) is 12.2. The van der Waals surface area contributed by atoms with Gasteiger partial charge in [-0.15, -0.1) is 0 Å². The summed E-state index contributed by atoms with van der Waals surface area (Å²) in [7, 11) is 0. The van der Waals surface area contributed by atoms with Gasteiger partial charge >= 0.3 is 18.1 Å². The van der Waals surface area contributed by atoms with Crippen LogP contribution in [-0.2, 0) is 4.79 Å². The van der Waals surface area contributed by atoms with Crippen LogP contribution in [0, 0.1) is 0 Å². The molecule has 0 saturated carbocycles. The lowest BCUT2D eigenvalue weighted by molar-refractivity contribution is -0.167. The minimum absolute atomic E-state index is 0.0159. The molecule has 5 nitrogen and oxygen atoms in total. The molecule has 0 saturated heterocycles. The number of halogens is 3. The highest BCUT2D eigenvalue weighted by Gasteiger charge is 2.38. The van der Waals surface area contributed by atoms with Gasteiger partial charge in [-0.3, -0.25) is 9.59 Å². The molecule has 26 heavy (non-hydrogen) atoms. The summed E-state index contributed by atoms with van der Waals surface area (Å²) in [5.74, 6) is -3.93. The average molecular weight is 363 g/mol. The summed E-state index contributed by atoms with van der Waals surface area (Å²) in [5, 5.41) is 10.8. The molecule has 0 spiro atoms. The number of hydrogen-bond donors (Lipinski definition) is 2. The number of carbonyl (C=O) groups excluding carboxylic acids is 2. The molecule has 8 heteroatoms. The summed E-state index contributed by atoms with van der Waals surface area (Å²) in [5.41, 5.74) is 0.0881. The van der Waals surface area contributed by atoms with Crippen molar-refractivity contribution in [3.63, 3.8) is 0 Å².